The van der Waals surface area contributed by atoms with E-state index in [0.29, 0.717) is 0 Å². The van der Waals surface area contributed by atoms with Crippen LogP contribution >= 0.6 is 0 Å². The first-order valence-electron chi connectivity index (χ1n) is 4.20. The fourth-order valence-corrected chi connectivity index (χ4v) is 1.70. The molecule has 1 aromatic heterocycles. The second-order valence-corrected chi connectivity index (χ2v) is 3.20. The van der Waals surface area contributed by atoms with E-state index >= 15 is 0 Å². The zero-order chi connectivity index (χ0) is 8.72. The lowest BCUT2D eigenvalue weighted by molar-refractivity contribution is 0.552. The summed E-state index contributed by atoms with van der Waals surface area (Å²) in [6.45, 7) is 0.923. The van der Waals surface area contributed by atoms with Crippen molar-refractivity contribution in [1.29, 1.82) is 0 Å². The molecule has 0 saturated carbocycles. The molecule has 0 aromatic carbocycles. The predicted molar refractivity (Wildman–Crippen MR) is 47.5 cm³/mol. The van der Waals surface area contributed by atoms with Gasteiger partial charge in [-0.2, -0.15) is 0 Å². The molecule has 0 radical (unpaired) electrons. The Balaban J connectivity index is 2.68. The number of hydrogen-bond donors (Lipinski definition) is 1. The maximum absolute atomic E-state index is 11.5. The molecule has 66 valence electrons. The van der Waals surface area contributed by atoms with Crippen LogP contribution in [0, 0.1) is 0 Å². The van der Waals surface area contributed by atoms with Gasteiger partial charge in [-0.15, -0.1) is 0 Å². The highest BCUT2D eigenvalue weighted by molar-refractivity contribution is 5.48. The first-order chi connectivity index (χ1) is 5.72. The number of anilines is 1. The van der Waals surface area contributed by atoms with Crippen molar-refractivity contribution in [3.05, 3.63) is 16.0 Å². The summed E-state index contributed by atoms with van der Waals surface area (Å²) in [5.41, 5.74) is 2.02. The van der Waals surface area contributed by atoms with E-state index in [1.165, 1.54) is 0 Å². The highest BCUT2D eigenvalue weighted by Gasteiger charge is 2.17. The molecule has 0 bridgehead atoms. The SMILES string of the molecule is Cn1c2c(c(=O)n1C)NCCC2. The summed E-state index contributed by atoms with van der Waals surface area (Å²) in [5.74, 6) is 0. The molecule has 0 fully saturated rings. The van der Waals surface area contributed by atoms with E-state index in [1.807, 2.05) is 11.7 Å². The van der Waals surface area contributed by atoms with Crippen LogP contribution in [-0.2, 0) is 20.5 Å². The first kappa shape index (κ1) is 7.46. The van der Waals surface area contributed by atoms with Gasteiger partial charge >= 0.3 is 0 Å². The fourth-order valence-electron chi connectivity index (χ4n) is 1.70. The summed E-state index contributed by atoms with van der Waals surface area (Å²) in [6.07, 6.45) is 2.12. The minimum atomic E-state index is 0.0900. The molecule has 2 heterocycles. The standard InChI is InChI=1S/C8H13N3O/c1-10-6-4-3-5-9-7(6)8(12)11(10)2/h9H,3-5H2,1-2H3. The van der Waals surface area contributed by atoms with Gasteiger partial charge in [-0.25, -0.2) is 0 Å². The van der Waals surface area contributed by atoms with Crippen LogP contribution in [0.1, 0.15) is 12.1 Å². The summed E-state index contributed by atoms with van der Waals surface area (Å²) in [5, 5.41) is 3.14. The summed E-state index contributed by atoms with van der Waals surface area (Å²) in [4.78, 5) is 11.5. The molecule has 0 amide bonds. The lowest BCUT2D eigenvalue weighted by Gasteiger charge is -2.13. The molecule has 4 nitrogen and oxygen atoms in total. The molecule has 12 heavy (non-hydrogen) atoms. The van der Waals surface area contributed by atoms with Gasteiger partial charge in [0.25, 0.3) is 5.56 Å². The van der Waals surface area contributed by atoms with Gasteiger partial charge in [0.15, 0.2) is 0 Å². The van der Waals surface area contributed by atoms with Gasteiger partial charge in [0.1, 0.15) is 5.69 Å². The van der Waals surface area contributed by atoms with E-state index in [0.717, 1.165) is 30.8 Å². The summed E-state index contributed by atoms with van der Waals surface area (Å²) >= 11 is 0. The van der Waals surface area contributed by atoms with Crippen molar-refractivity contribution in [2.75, 3.05) is 11.9 Å². The molecule has 0 saturated heterocycles. The quantitative estimate of drug-likeness (QED) is 0.594. The minimum absolute atomic E-state index is 0.0900. The maximum Gasteiger partial charge on any atom is 0.290 e. The normalized spacial score (nSPS) is 15.5. The van der Waals surface area contributed by atoms with Crippen LogP contribution in [0.25, 0.3) is 0 Å². The number of hydrogen-bond acceptors (Lipinski definition) is 2. The Hall–Kier alpha value is -1.19. The Labute approximate surface area is 70.8 Å². The third-order valence-electron chi connectivity index (χ3n) is 2.53. The van der Waals surface area contributed by atoms with Crippen molar-refractivity contribution in [3.63, 3.8) is 0 Å². The van der Waals surface area contributed by atoms with Crippen molar-refractivity contribution in [2.45, 2.75) is 12.8 Å². The van der Waals surface area contributed by atoms with E-state index < -0.39 is 0 Å². The summed E-state index contributed by atoms with van der Waals surface area (Å²) < 4.78 is 3.56. The average Bonchev–Trinajstić information content (AvgIpc) is 2.33. The van der Waals surface area contributed by atoms with Crippen molar-refractivity contribution < 1.29 is 0 Å². The number of rotatable bonds is 0. The number of aromatic nitrogens is 2. The van der Waals surface area contributed by atoms with Gasteiger partial charge in [-0.1, -0.05) is 0 Å². The second kappa shape index (κ2) is 2.40. The molecule has 2 rings (SSSR count). The third-order valence-corrected chi connectivity index (χ3v) is 2.53. The minimum Gasteiger partial charge on any atom is -0.379 e. The highest BCUT2D eigenvalue weighted by Crippen LogP contribution is 2.16. The van der Waals surface area contributed by atoms with Gasteiger partial charge < -0.3 is 5.32 Å². The van der Waals surface area contributed by atoms with Crippen LogP contribution < -0.4 is 10.9 Å². The zero-order valence-electron chi connectivity index (χ0n) is 7.42. The fraction of sp³-hybridized carbons (Fsp3) is 0.625. The third kappa shape index (κ3) is 0.807. The number of nitrogens with one attached hydrogen (secondary N) is 1. The van der Waals surface area contributed by atoms with Crippen LogP contribution in [0.15, 0.2) is 4.79 Å². The molecular weight excluding hydrogens is 154 g/mol. The largest absolute Gasteiger partial charge is 0.379 e. The summed E-state index contributed by atoms with van der Waals surface area (Å²) in [7, 11) is 3.72. The van der Waals surface area contributed by atoms with Gasteiger partial charge in [-0.3, -0.25) is 14.2 Å². The van der Waals surface area contributed by atoms with Crippen LogP contribution in [0.4, 0.5) is 5.69 Å². The Morgan fingerprint density at radius 1 is 1.33 bits per heavy atom. The van der Waals surface area contributed by atoms with E-state index in [4.69, 9.17) is 0 Å². The van der Waals surface area contributed by atoms with Crippen molar-refractivity contribution in [3.8, 4) is 0 Å². The smallest absolute Gasteiger partial charge is 0.290 e. The lowest BCUT2D eigenvalue weighted by atomic mass is 10.1. The summed E-state index contributed by atoms with van der Waals surface area (Å²) in [6, 6.07) is 0. The zero-order valence-corrected chi connectivity index (χ0v) is 7.42. The second-order valence-electron chi connectivity index (χ2n) is 3.20. The molecule has 0 spiro atoms. The Morgan fingerprint density at radius 3 is 2.75 bits per heavy atom. The molecule has 1 aliphatic heterocycles. The Kier molecular flexibility index (Phi) is 1.49. The predicted octanol–water partition coefficient (Wildman–Crippen LogP) is 0.0819. The first-order valence-corrected chi connectivity index (χ1v) is 4.20. The maximum atomic E-state index is 11.5. The van der Waals surface area contributed by atoms with Crippen molar-refractivity contribution in [1.82, 2.24) is 9.36 Å². The van der Waals surface area contributed by atoms with E-state index in [-0.39, 0.29) is 5.56 Å². The van der Waals surface area contributed by atoms with Gasteiger partial charge in [0.2, 0.25) is 0 Å². The lowest BCUT2D eigenvalue weighted by Crippen LogP contribution is -2.19. The highest BCUT2D eigenvalue weighted by atomic mass is 16.1. The molecule has 4 heteroatoms. The molecule has 0 atom stereocenters. The van der Waals surface area contributed by atoms with Crippen LogP contribution in [0.5, 0.6) is 0 Å². The van der Waals surface area contributed by atoms with E-state index in [9.17, 15) is 4.79 Å². The van der Waals surface area contributed by atoms with Crippen molar-refractivity contribution >= 4 is 5.69 Å². The van der Waals surface area contributed by atoms with E-state index in [1.54, 1.807) is 11.7 Å². The molecule has 0 unspecified atom stereocenters. The van der Waals surface area contributed by atoms with Gasteiger partial charge in [0.05, 0.1) is 5.69 Å². The van der Waals surface area contributed by atoms with Gasteiger partial charge in [-0.05, 0) is 12.8 Å². The van der Waals surface area contributed by atoms with Crippen molar-refractivity contribution in [2.24, 2.45) is 14.1 Å². The monoisotopic (exact) mass is 167 g/mol. The van der Waals surface area contributed by atoms with E-state index in [2.05, 4.69) is 5.32 Å². The molecule has 0 aliphatic carbocycles. The van der Waals surface area contributed by atoms with Crippen LogP contribution in [0.2, 0.25) is 0 Å². The molecular formula is C8H13N3O. The molecule has 1 aliphatic rings. The average molecular weight is 167 g/mol. The van der Waals surface area contributed by atoms with Gasteiger partial charge in [0, 0.05) is 20.6 Å². The molecule has 1 aromatic rings. The molecule has 1 N–H and O–H groups in total. The Morgan fingerprint density at radius 2 is 2.08 bits per heavy atom. The Bertz CT molecular complexity index is 361. The van der Waals surface area contributed by atoms with Crippen LogP contribution in [-0.4, -0.2) is 15.9 Å². The topological polar surface area (TPSA) is 39.0 Å². The number of nitrogens with zero attached hydrogens (tertiary/aromatic N) is 2. The van der Waals surface area contributed by atoms with Crippen LogP contribution in [0.3, 0.4) is 0 Å². The number of fused-ring (bicyclic) bond motifs is 1.